The van der Waals surface area contributed by atoms with E-state index in [4.69, 9.17) is 0 Å². The number of hydrogen-bond donors (Lipinski definition) is 0. The molecule has 0 spiro atoms. The Labute approximate surface area is 133 Å². The van der Waals surface area contributed by atoms with Crippen molar-refractivity contribution in [3.05, 3.63) is 59.7 Å². The number of nitrogens with zero attached hydrogens (tertiary/aromatic N) is 3. The van der Waals surface area contributed by atoms with Crippen LogP contribution in [0.5, 0.6) is 0 Å². The molecule has 0 bridgehead atoms. The first-order valence-corrected chi connectivity index (χ1v) is 7.20. The molecule has 116 valence electrons. The molecule has 0 radical (unpaired) electrons. The van der Waals surface area contributed by atoms with Gasteiger partial charge < -0.3 is 4.90 Å². The van der Waals surface area contributed by atoms with Crippen molar-refractivity contribution in [1.82, 2.24) is 14.9 Å². The van der Waals surface area contributed by atoms with Gasteiger partial charge in [0.15, 0.2) is 12.1 Å². The van der Waals surface area contributed by atoms with Crippen molar-refractivity contribution in [2.75, 3.05) is 7.05 Å². The van der Waals surface area contributed by atoms with Gasteiger partial charge in [-0.1, -0.05) is 18.2 Å². The van der Waals surface area contributed by atoms with Crippen molar-refractivity contribution in [2.45, 2.75) is 18.4 Å². The molecule has 1 amide bonds. The summed E-state index contributed by atoms with van der Waals surface area (Å²) in [7, 11) is 1.62. The molecule has 6 heteroatoms. The minimum absolute atomic E-state index is 0.0563. The average Bonchev–Trinajstić information content (AvgIpc) is 2.58. The van der Waals surface area contributed by atoms with Crippen LogP contribution in [0.25, 0.3) is 0 Å². The molecular weight excluding hydrogens is 294 g/mol. The molecule has 0 saturated heterocycles. The second-order valence-electron chi connectivity index (χ2n) is 5.57. The number of carbonyl (C=O) groups excluding carboxylic acids is 3. The summed E-state index contributed by atoms with van der Waals surface area (Å²) in [4.78, 5) is 45.5. The molecule has 23 heavy (non-hydrogen) atoms. The van der Waals surface area contributed by atoms with Crippen molar-refractivity contribution in [2.24, 2.45) is 0 Å². The van der Waals surface area contributed by atoms with E-state index in [0.29, 0.717) is 23.2 Å². The van der Waals surface area contributed by atoms with E-state index in [9.17, 15) is 14.4 Å². The Morgan fingerprint density at radius 1 is 1.17 bits per heavy atom. The maximum atomic E-state index is 12.8. The van der Waals surface area contributed by atoms with Crippen LogP contribution in [0.4, 0.5) is 0 Å². The van der Waals surface area contributed by atoms with Crippen LogP contribution in [0.2, 0.25) is 0 Å². The minimum Gasteiger partial charge on any atom is -0.328 e. The average molecular weight is 309 g/mol. The molecule has 2 aromatic rings. The number of benzene rings is 1. The second kappa shape index (κ2) is 5.72. The maximum Gasteiger partial charge on any atom is 0.255 e. The van der Waals surface area contributed by atoms with E-state index in [1.165, 1.54) is 4.90 Å². The molecule has 0 atom stereocenters. The highest BCUT2D eigenvalue weighted by atomic mass is 16.2. The predicted molar refractivity (Wildman–Crippen MR) is 81.9 cm³/mol. The lowest BCUT2D eigenvalue weighted by Gasteiger charge is -2.45. The molecule has 1 saturated carbocycles. The van der Waals surface area contributed by atoms with Gasteiger partial charge in [-0.05, 0) is 12.1 Å². The van der Waals surface area contributed by atoms with Crippen LogP contribution in [-0.2, 0) is 10.3 Å². The van der Waals surface area contributed by atoms with Crippen LogP contribution in [0.15, 0.2) is 42.7 Å². The van der Waals surface area contributed by atoms with E-state index >= 15 is 0 Å². The predicted octanol–water partition coefficient (Wildman–Crippen LogP) is 1.62. The summed E-state index contributed by atoms with van der Waals surface area (Å²) in [5, 5.41) is 0. The Kier molecular flexibility index (Phi) is 3.73. The SMILES string of the molecule is CN(C(=O)c1ccccc1C=O)C1(c2ncccn2)CC(=O)C1. The minimum atomic E-state index is -0.842. The van der Waals surface area contributed by atoms with Crippen molar-refractivity contribution in [3.63, 3.8) is 0 Å². The number of amides is 1. The number of aldehydes is 1. The molecule has 0 aliphatic heterocycles. The zero-order chi connectivity index (χ0) is 16.4. The van der Waals surface area contributed by atoms with Gasteiger partial charge in [-0.3, -0.25) is 14.4 Å². The van der Waals surface area contributed by atoms with Crippen LogP contribution >= 0.6 is 0 Å². The maximum absolute atomic E-state index is 12.8. The fourth-order valence-corrected chi connectivity index (χ4v) is 2.85. The Morgan fingerprint density at radius 3 is 2.43 bits per heavy atom. The van der Waals surface area contributed by atoms with Gasteiger partial charge in [0.1, 0.15) is 11.3 Å². The van der Waals surface area contributed by atoms with E-state index < -0.39 is 5.54 Å². The number of Topliss-reactive ketones (excluding diaryl/α,β-unsaturated/α-hetero) is 1. The van der Waals surface area contributed by atoms with Gasteiger partial charge in [-0.15, -0.1) is 0 Å². The van der Waals surface area contributed by atoms with E-state index in [1.54, 1.807) is 49.8 Å². The molecular formula is C17H15N3O3. The highest BCUT2D eigenvalue weighted by molar-refractivity contribution is 6.02. The van der Waals surface area contributed by atoms with Gasteiger partial charge in [0.2, 0.25) is 0 Å². The summed E-state index contributed by atoms with van der Waals surface area (Å²) in [5.41, 5.74) is -0.218. The second-order valence-corrected chi connectivity index (χ2v) is 5.57. The topological polar surface area (TPSA) is 80.2 Å². The molecule has 6 nitrogen and oxygen atoms in total. The van der Waals surface area contributed by atoms with Gasteiger partial charge in [-0.25, -0.2) is 9.97 Å². The smallest absolute Gasteiger partial charge is 0.255 e. The zero-order valence-corrected chi connectivity index (χ0v) is 12.6. The summed E-state index contributed by atoms with van der Waals surface area (Å²) in [6, 6.07) is 8.27. The van der Waals surface area contributed by atoms with Crippen LogP contribution in [0.1, 0.15) is 39.4 Å². The Balaban J connectivity index is 2.00. The third-order valence-corrected chi connectivity index (χ3v) is 4.23. The third-order valence-electron chi connectivity index (χ3n) is 4.23. The molecule has 1 heterocycles. The molecule has 0 unspecified atom stereocenters. The first kappa shape index (κ1) is 15.0. The normalized spacial score (nSPS) is 15.6. The molecule has 1 fully saturated rings. The Morgan fingerprint density at radius 2 is 1.83 bits per heavy atom. The standard InChI is InChI=1S/C17H15N3O3/c1-20(15(23)14-6-3-2-5-12(14)11-21)17(9-13(22)10-17)16-18-7-4-8-19-16/h2-8,11H,9-10H2,1H3. The number of carbonyl (C=O) groups is 3. The fourth-order valence-electron chi connectivity index (χ4n) is 2.85. The highest BCUT2D eigenvalue weighted by Gasteiger charge is 2.52. The lowest BCUT2D eigenvalue weighted by molar-refractivity contribution is -0.134. The monoisotopic (exact) mass is 309 g/mol. The number of ketones is 1. The third kappa shape index (κ3) is 2.42. The van der Waals surface area contributed by atoms with Crippen LogP contribution < -0.4 is 0 Å². The molecule has 1 aromatic heterocycles. The Hall–Kier alpha value is -2.89. The first-order chi connectivity index (χ1) is 11.1. The fraction of sp³-hybridized carbons (Fsp3) is 0.235. The van der Waals surface area contributed by atoms with Crippen molar-refractivity contribution >= 4 is 18.0 Å². The van der Waals surface area contributed by atoms with Gasteiger partial charge in [0, 0.05) is 37.8 Å². The molecule has 3 rings (SSSR count). The van der Waals surface area contributed by atoms with Gasteiger partial charge in [-0.2, -0.15) is 0 Å². The molecule has 1 aliphatic rings. The summed E-state index contributed by atoms with van der Waals surface area (Å²) >= 11 is 0. The summed E-state index contributed by atoms with van der Waals surface area (Å²) in [6.07, 6.45) is 4.19. The van der Waals surface area contributed by atoms with E-state index in [2.05, 4.69) is 9.97 Å². The number of aromatic nitrogens is 2. The summed E-state index contributed by atoms with van der Waals surface area (Å²) in [5.74, 6) is 0.174. The van der Waals surface area contributed by atoms with Gasteiger partial charge in [0.25, 0.3) is 5.91 Å². The summed E-state index contributed by atoms with van der Waals surface area (Å²) < 4.78 is 0. The van der Waals surface area contributed by atoms with Crippen molar-refractivity contribution < 1.29 is 14.4 Å². The van der Waals surface area contributed by atoms with Gasteiger partial charge >= 0.3 is 0 Å². The number of hydrogen-bond acceptors (Lipinski definition) is 5. The van der Waals surface area contributed by atoms with Crippen LogP contribution in [-0.4, -0.2) is 39.9 Å². The van der Waals surface area contributed by atoms with Crippen LogP contribution in [0, 0.1) is 0 Å². The lowest BCUT2D eigenvalue weighted by Crippen LogP contribution is -2.56. The largest absolute Gasteiger partial charge is 0.328 e. The zero-order valence-electron chi connectivity index (χ0n) is 12.6. The number of rotatable bonds is 4. The summed E-state index contributed by atoms with van der Waals surface area (Å²) in [6.45, 7) is 0. The first-order valence-electron chi connectivity index (χ1n) is 7.20. The van der Waals surface area contributed by atoms with Crippen molar-refractivity contribution in [3.8, 4) is 0 Å². The molecule has 1 aromatic carbocycles. The molecule has 1 aliphatic carbocycles. The lowest BCUT2D eigenvalue weighted by atomic mass is 9.73. The highest BCUT2D eigenvalue weighted by Crippen LogP contribution is 2.42. The van der Waals surface area contributed by atoms with Gasteiger partial charge in [0.05, 0.1) is 5.56 Å². The van der Waals surface area contributed by atoms with E-state index in [-0.39, 0.29) is 24.5 Å². The Bertz CT molecular complexity index is 766. The van der Waals surface area contributed by atoms with Crippen LogP contribution in [0.3, 0.4) is 0 Å². The molecule has 0 N–H and O–H groups in total. The van der Waals surface area contributed by atoms with E-state index in [0.717, 1.165) is 0 Å². The quantitative estimate of drug-likeness (QED) is 0.802. The van der Waals surface area contributed by atoms with E-state index in [1.807, 2.05) is 0 Å². The van der Waals surface area contributed by atoms with Crippen molar-refractivity contribution in [1.29, 1.82) is 0 Å².